The summed E-state index contributed by atoms with van der Waals surface area (Å²) in [5.41, 5.74) is 0. The minimum Gasteiger partial charge on any atom is -0.0717 e. The standard InChI is InChI=1S/C8H18Si2/c1-8(2)6-5-7-10(3,4)9-8/h5-7H2,1-4H3. The van der Waals surface area contributed by atoms with Crippen LogP contribution in [0.3, 0.4) is 0 Å². The van der Waals surface area contributed by atoms with Gasteiger partial charge < -0.3 is 0 Å². The molecule has 58 valence electrons. The second kappa shape index (κ2) is 2.48. The molecule has 0 N–H and O–H groups in total. The number of hydrogen-bond acceptors (Lipinski definition) is 0. The molecule has 0 bridgehead atoms. The van der Waals surface area contributed by atoms with Gasteiger partial charge in [-0.2, -0.15) is 0 Å². The van der Waals surface area contributed by atoms with Crippen molar-refractivity contribution in [1.82, 2.24) is 0 Å². The van der Waals surface area contributed by atoms with Crippen molar-refractivity contribution in [2.24, 2.45) is 0 Å². The van der Waals surface area contributed by atoms with Crippen molar-refractivity contribution >= 4 is 16.6 Å². The van der Waals surface area contributed by atoms with E-state index in [2.05, 4.69) is 26.9 Å². The Morgan fingerprint density at radius 2 is 1.90 bits per heavy atom. The molecule has 1 fully saturated rings. The second-order valence-electron chi connectivity index (χ2n) is 4.75. The van der Waals surface area contributed by atoms with E-state index in [-0.39, 0.29) is 0 Å². The lowest BCUT2D eigenvalue weighted by Crippen LogP contribution is -2.43. The lowest BCUT2D eigenvalue weighted by Gasteiger charge is -2.38. The first kappa shape index (κ1) is 8.53. The van der Waals surface area contributed by atoms with E-state index >= 15 is 0 Å². The average molecular weight is 170 g/mol. The van der Waals surface area contributed by atoms with E-state index in [1.54, 1.807) is 6.04 Å². The Labute approximate surface area is 68.0 Å². The Morgan fingerprint density at radius 3 is 2.20 bits per heavy atom. The zero-order valence-electron chi connectivity index (χ0n) is 7.62. The molecule has 0 saturated carbocycles. The maximum atomic E-state index is 2.55. The molecule has 1 aliphatic heterocycles. The van der Waals surface area contributed by atoms with Gasteiger partial charge in [0.05, 0.1) is 0 Å². The van der Waals surface area contributed by atoms with Crippen LogP contribution >= 0.6 is 0 Å². The molecule has 1 saturated heterocycles. The van der Waals surface area contributed by atoms with Crippen LogP contribution in [0.4, 0.5) is 0 Å². The molecule has 0 spiro atoms. The molecule has 0 aliphatic carbocycles. The van der Waals surface area contributed by atoms with Gasteiger partial charge in [0.1, 0.15) is 0 Å². The maximum absolute atomic E-state index is 2.55. The predicted octanol–water partition coefficient (Wildman–Crippen LogP) is 2.89. The van der Waals surface area contributed by atoms with Crippen molar-refractivity contribution in [1.29, 1.82) is 0 Å². The predicted molar refractivity (Wildman–Crippen MR) is 51.3 cm³/mol. The molecule has 0 aromatic rings. The highest BCUT2D eigenvalue weighted by Gasteiger charge is 2.34. The Balaban J connectivity index is 2.56. The van der Waals surface area contributed by atoms with Crippen LogP contribution in [0.5, 0.6) is 0 Å². The number of hydrogen-bond donors (Lipinski definition) is 0. The minimum absolute atomic E-state index is 0.698. The highest BCUT2D eigenvalue weighted by atomic mass is 29.2. The van der Waals surface area contributed by atoms with Gasteiger partial charge in [0.2, 0.25) is 0 Å². The van der Waals surface area contributed by atoms with Gasteiger partial charge >= 0.3 is 0 Å². The average Bonchev–Trinajstić information content (AvgIpc) is 1.56. The summed E-state index contributed by atoms with van der Waals surface area (Å²) in [5, 5.41) is 0.702. The van der Waals surface area contributed by atoms with Gasteiger partial charge in [-0.1, -0.05) is 45.8 Å². The molecule has 10 heavy (non-hydrogen) atoms. The smallest absolute Gasteiger partial charge is 0.0364 e. The molecule has 1 aliphatic rings. The van der Waals surface area contributed by atoms with Crippen LogP contribution < -0.4 is 0 Å². The largest absolute Gasteiger partial charge is 0.0717 e. The van der Waals surface area contributed by atoms with Crippen molar-refractivity contribution in [2.75, 3.05) is 0 Å². The SMILES string of the molecule is CC1(C)CCC[Si](C)(C)[Si]1. The maximum Gasteiger partial charge on any atom is 0.0364 e. The fraction of sp³-hybridized carbons (Fsp3) is 1.00. The van der Waals surface area contributed by atoms with Crippen LogP contribution in [0.15, 0.2) is 0 Å². The molecule has 2 heteroatoms. The molecule has 0 aromatic carbocycles. The molecule has 0 unspecified atom stereocenters. The fourth-order valence-corrected chi connectivity index (χ4v) is 12.1. The molecule has 0 amide bonds. The summed E-state index contributed by atoms with van der Waals surface area (Å²) in [6, 6.07) is 1.58. The van der Waals surface area contributed by atoms with Crippen LogP contribution in [0.1, 0.15) is 26.7 Å². The van der Waals surface area contributed by atoms with Crippen LogP contribution in [0, 0.1) is 0 Å². The molecule has 1 rings (SSSR count). The summed E-state index contributed by atoms with van der Waals surface area (Å²) >= 11 is 0. The van der Waals surface area contributed by atoms with Crippen LogP contribution in [0.25, 0.3) is 0 Å². The van der Waals surface area contributed by atoms with Gasteiger partial charge in [-0.3, -0.25) is 0 Å². The fourth-order valence-electron chi connectivity index (χ4n) is 2.01. The second-order valence-corrected chi connectivity index (χ2v) is 15.4. The van der Waals surface area contributed by atoms with E-state index in [0.29, 0.717) is 5.04 Å². The first-order valence-corrected chi connectivity index (χ1v) is 9.41. The molecular weight excluding hydrogens is 152 g/mol. The van der Waals surface area contributed by atoms with Gasteiger partial charge in [0, 0.05) is 16.6 Å². The third-order valence-electron chi connectivity index (χ3n) is 2.28. The first-order valence-electron chi connectivity index (χ1n) is 4.21. The van der Waals surface area contributed by atoms with E-state index in [9.17, 15) is 0 Å². The zero-order chi connectivity index (χ0) is 7.83. The van der Waals surface area contributed by atoms with Crippen molar-refractivity contribution in [3.8, 4) is 0 Å². The van der Waals surface area contributed by atoms with E-state index in [4.69, 9.17) is 0 Å². The molecule has 0 atom stereocenters. The summed E-state index contributed by atoms with van der Waals surface area (Å²) in [4.78, 5) is 0. The van der Waals surface area contributed by atoms with Crippen LogP contribution in [-0.4, -0.2) is 16.6 Å². The lowest BCUT2D eigenvalue weighted by molar-refractivity contribution is 0.583. The van der Waals surface area contributed by atoms with Gasteiger partial charge in [-0.15, -0.1) is 0 Å². The molecule has 0 nitrogen and oxygen atoms in total. The van der Waals surface area contributed by atoms with Crippen LogP contribution in [-0.2, 0) is 0 Å². The summed E-state index contributed by atoms with van der Waals surface area (Å²) in [5.74, 6) is 0. The third-order valence-corrected chi connectivity index (χ3v) is 10.3. The Morgan fingerprint density at radius 1 is 1.30 bits per heavy atom. The van der Waals surface area contributed by atoms with Gasteiger partial charge in [0.25, 0.3) is 0 Å². The first-order chi connectivity index (χ1) is 4.41. The zero-order valence-corrected chi connectivity index (χ0v) is 9.62. The molecule has 1 heterocycles. The van der Waals surface area contributed by atoms with Crippen LogP contribution in [0.2, 0.25) is 24.2 Å². The Hall–Kier alpha value is 0.434. The van der Waals surface area contributed by atoms with E-state index < -0.39 is 7.59 Å². The van der Waals surface area contributed by atoms with Gasteiger partial charge in [-0.25, -0.2) is 0 Å². The van der Waals surface area contributed by atoms with Gasteiger partial charge in [-0.05, 0) is 5.04 Å². The summed E-state index contributed by atoms with van der Waals surface area (Å²) in [7, 11) is 0.596. The normalized spacial score (nSPS) is 30.0. The van der Waals surface area contributed by atoms with E-state index in [1.807, 2.05) is 0 Å². The topological polar surface area (TPSA) is 0 Å². The van der Waals surface area contributed by atoms with Crippen molar-refractivity contribution in [3.05, 3.63) is 0 Å². The van der Waals surface area contributed by atoms with Crippen molar-refractivity contribution in [2.45, 2.75) is 50.9 Å². The molecular formula is C8H18Si2. The summed E-state index contributed by atoms with van der Waals surface area (Å²) in [6.07, 6.45) is 2.97. The molecule has 0 aromatic heterocycles. The van der Waals surface area contributed by atoms with E-state index in [1.165, 1.54) is 21.9 Å². The summed E-state index contributed by atoms with van der Waals surface area (Å²) < 4.78 is 0. The highest BCUT2D eigenvalue weighted by Crippen LogP contribution is 2.39. The Kier molecular flexibility index (Phi) is 2.12. The highest BCUT2D eigenvalue weighted by molar-refractivity contribution is 7.24. The van der Waals surface area contributed by atoms with Gasteiger partial charge in [0.15, 0.2) is 0 Å². The molecule has 2 radical (unpaired) electrons. The van der Waals surface area contributed by atoms with Crippen molar-refractivity contribution < 1.29 is 0 Å². The summed E-state index contributed by atoms with van der Waals surface area (Å²) in [6.45, 7) is 9.98. The third kappa shape index (κ3) is 2.24. The minimum atomic E-state index is -0.698. The lowest BCUT2D eigenvalue weighted by atomic mass is 10.1. The van der Waals surface area contributed by atoms with Crippen molar-refractivity contribution in [3.63, 3.8) is 0 Å². The Bertz CT molecular complexity index is 113. The number of rotatable bonds is 0. The monoisotopic (exact) mass is 170 g/mol. The van der Waals surface area contributed by atoms with E-state index in [0.717, 1.165) is 0 Å². The quantitative estimate of drug-likeness (QED) is 0.490.